The van der Waals surface area contributed by atoms with Gasteiger partial charge in [-0.25, -0.2) is 8.42 Å². The molecule has 2 aromatic carbocycles. The molecular weight excluding hydrogens is 402 g/mol. The van der Waals surface area contributed by atoms with Crippen LogP contribution in [-0.2, 0) is 26.0 Å². The number of carbonyl (C=O) groups excluding carboxylic acids is 2. The molecule has 8 heteroatoms. The molecule has 1 fully saturated rings. The monoisotopic (exact) mass is 427 g/mol. The fourth-order valence-corrected chi connectivity index (χ4v) is 5.27. The zero-order valence-corrected chi connectivity index (χ0v) is 17.7. The van der Waals surface area contributed by atoms with Gasteiger partial charge in [-0.3, -0.25) is 13.9 Å². The van der Waals surface area contributed by atoms with E-state index in [0.29, 0.717) is 24.5 Å². The molecule has 1 saturated heterocycles. The summed E-state index contributed by atoms with van der Waals surface area (Å²) in [7, 11) is -3.32. The second kappa shape index (κ2) is 8.10. The Bertz CT molecular complexity index is 1070. The summed E-state index contributed by atoms with van der Waals surface area (Å²) < 4.78 is 26.2. The average Bonchev–Trinajstić information content (AvgIpc) is 3.15. The van der Waals surface area contributed by atoms with Crippen LogP contribution in [0, 0.1) is 5.92 Å². The van der Waals surface area contributed by atoms with E-state index in [-0.39, 0.29) is 24.0 Å². The molecule has 7 nitrogen and oxygen atoms in total. The molecule has 2 aliphatic rings. The van der Waals surface area contributed by atoms with Crippen molar-refractivity contribution in [1.82, 2.24) is 0 Å². The van der Waals surface area contributed by atoms with Crippen molar-refractivity contribution in [2.45, 2.75) is 26.2 Å². The molecule has 0 radical (unpaired) electrons. The van der Waals surface area contributed by atoms with E-state index >= 15 is 0 Å². The van der Waals surface area contributed by atoms with Crippen molar-refractivity contribution in [3.8, 4) is 0 Å². The number of carbonyl (C=O) groups is 2. The molecule has 0 aromatic heterocycles. The molecular formula is C22H25N3O4S. The van der Waals surface area contributed by atoms with Crippen molar-refractivity contribution in [3.63, 3.8) is 0 Å². The summed E-state index contributed by atoms with van der Waals surface area (Å²) in [5.41, 5.74) is 3.01. The molecule has 158 valence electrons. The molecule has 30 heavy (non-hydrogen) atoms. The lowest BCUT2D eigenvalue weighted by atomic mass is 10.0. The van der Waals surface area contributed by atoms with E-state index in [1.54, 1.807) is 24.0 Å². The molecule has 2 amide bonds. The Morgan fingerprint density at radius 3 is 2.67 bits per heavy atom. The van der Waals surface area contributed by atoms with E-state index in [1.165, 1.54) is 4.31 Å². The van der Waals surface area contributed by atoms with Crippen LogP contribution in [0.4, 0.5) is 17.1 Å². The number of nitrogens with zero attached hydrogens (tertiary/aromatic N) is 2. The van der Waals surface area contributed by atoms with Gasteiger partial charge in [0.15, 0.2) is 0 Å². The van der Waals surface area contributed by atoms with Crippen LogP contribution in [0.25, 0.3) is 0 Å². The van der Waals surface area contributed by atoms with Gasteiger partial charge in [-0.1, -0.05) is 18.2 Å². The van der Waals surface area contributed by atoms with Crippen molar-refractivity contribution in [1.29, 1.82) is 0 Å². The first-order chi connectivity index (χ1) is 14.4. The number of nitrogens with one attached hydrogen (secondary N) is 1. The summed E-state index contributed by atoms with van der Waals surface area (Å²) in [5, 5.41) is 2.91. The van der Waals surface area contributed by atoms with Gasteiger partial charge in [0.05, 0.1) is 17.4 Å². The van der Waals surface area contributed by atoms with Crippen molar-refractivity contribution in [3.05, 3.63) is 54.1 Å². The van der Waals surface area contributed by atoms with Crippen LogP contribution in [-0.4, -0.2) is 39.1 Å². The van der Waals surface area contributed by atoms with Gasteiger partial charge >= 0.3 is 0 Å². The van der Waals surface area contributed by atoms with Gasteiger partial charge < -0.3 is 10.2 Å². The third kappa shape index (κ3) is 3.92. The van der Waals surface area contributed by atoms with Crippen LogP contribution in [0.15, 0.2) is 48.5 Å². The number of hydrogen-bond donors (Lipinski definition) is 1. The lowest BCUT2D eigenvalue weighted by Gasteiger charge is -2.30. The van der Waals surface area contributed by atoms with E-state index in [4.69, 9.17) is 0 Å². The van der Waals surface area contributed by atoms with Crippen LogP contribution in [0.3, 0.4) is 0 Å². The maximum Gasteiger partial charge on any atom is 0.234 e. The van der Waals surface area contributed by atoms with Crippen LogP contribution >= 0.6 is 0 Å². The molecule has 0 bridgehead atoms. The number of rotatable bonds is 5. The second-order valence-electron chi connectivity index (χ2n) is 7.65. The van der Waals surface area contributed by atoms with Gasteiger partial charge in [-0.05, 0) is 55.7 Å². The van der Waals surface area contributed by atoms with Crippen LogP contribution < -0.4 is 14.5 Å². The molecule has 0 aliphatic carbocycles. The fraction of sp³-hybridized carbons (Fsp3) is 0.364. The first-order valence-electron chi connectivity index (χ1n) is 10.2. The minimum absolute atomic E-state index is 0.0541. The standard InChI is InChI=1S/C22H25N3O4S/c1-2-30(28,29)25-12-6-7-16-13-18(10-11-20(16)25)23-22(27)17-14-21(26)24(15-17)19-8-4-3-5-9-19/h3-5,8-11,13,17H,2,6-7,12,14-15H2,1H3,(H,23,27). The van der Waals surface area contributed by atoms with E-state index in [2.05, 4.69) is 5.32 Å². The number of para-hydroxylation sites is 1. The lowest BCUT2D eigenvalue weighted by molar-refractivity contribution is -0.122. The van der Waals surface area contributed by atoms with E-state index in [1.807, 2.05) is 36.4 Å². The fourth-order valence-electron chi connectivity index (χ4n) is 4.07. The summed E-state index contributed by atoms with van der Waals surface area (Å²) in [4.78, 5) is 26.8. The number of benzene rings is 2. The van der Waals surface area contributed by atoms with Gasteiger partial charge in [0.25, 0.3) is 0 Å². The molecule has 1 atom stereocenters. The van der Waals surface area contributed by atoms with Gasteiger partial charge in [-0.15, -0.1) is 0 Å². The third-order valence-electron chi connectivity index (χ3n) is 5.69. The maximum absolute atomic E-state index is 12.8. The normalized spacial score (nSPS) is 19.0. The summed E-state index contributed by atoms with van der Waals surface area (Å²) in [6, 6.07) is 14.7. The number of sulfonamides is 1. The van der Waals surface area contributed by atoms with Crippen LogP contribution in [0.1, 0.15) is 25.3 Å². The molecule has 2 aromatic rings. The number of fused-ring (bicyclic) bond motifs is 1. The molecule has 2 aliphatic heterocycles. The van der Waals surface area contributed by atoms with Crippen molar-refractivity contribution < 1.29 is 18.0 Å². The minimum Gasteiger partial charge on any atom is -0.326 e. The highest BCUT2D eigenvalue weighted by Crippen LogP contribution is 2.32. The predicted molar refractivity (Wildman–Crippen MR) is 117 cm³/mol. The number of anilines is 3. The first kappa shape index (κ1) is 20.4. The minimum atomic E-state index is -3.32. The Balaban J connectivity index is 1.48. The lowest BCUT2D eigenvalue weighted by Crippen LogP contribution is -2.36. The van der Waals surface area contributed by atoms with Crippen LogP contribution in [0.2, 0.25) is 0 Å². The van der Waals surface area contributed by atoms with Gasteiger partial charge in [-0.2, -0.15) is 0 Å². The molecule has 0 saturated carbocycles. The second-order valence-corrected chi connectivity index (χ2v) is 9.83. The largest absolute Gasteiger partial charge is 0.326 e. The summed E-state index contributed by atoms with van der Waals surface area (Å²) >= 11 is 0. The Kier molecular flexibility index (Phi) is 5.51. The third-order valence-corrected chi connectivity index (χ3v) is 7.47. The molecule has 2 heterocycles. The quantitative estimate of drug-likeness (QED) is 0.795. The number of hydrogen-bond acceptors (Lipinski definition) is 4. The highest BCUT2D eigenvalue weighted by atomic mass is 32.2. The smallest absolute Gasteiger partial charge is 0.234 e. The Morgan fingerprint density at radius 1 is 1.17 bits per heavy atom. The summed E-state index contributed by atoms with van der Waals surface area (Å²) in [6.07, 6.45) is 1.68. The number of aryl methyl sites for hydroxylation is 1. The molecule has 0 spiro atoms. The Morgan fingerprint density at radius 2 is 1.93 bits per heavy atom. The SMILES string of the molecule is CCS(=O)(=O)N1CCCc2cc(NC(=O)C3CC(=O)N(c4ccccc4)C3)ccc21. The Hall–Kier alpha value is -2.87. The first-order valence-corrected chi connectivity index (χ1v) is 11.8. The summed E-state index contributed by atoms with van der Waals surface area (Å²) in [5.74, 6) is -0.632. The molecule has 1 N–H and O–H groups in total. The van der Waals surface area contributed by atoms with Crippen molar-refractivity contribution >= 4 is 38.9 Å². The van der Waals surface area contributed by atoms with E-state index in [0.717, 1.165) is 24.1 Å². The van der Waals surface area contributed by atoms with Crippen molar-refractivity contribution in [2.24, 2.45) is 5.92 Å². The van der Waals surface area contributed by atoms with Gasteiger partial charge in [0.1, 0.15) is 0 Å². The number of amides is 2. The van der Waals surface area contributed by atoms with Crippen LogP contribution in [0.5, 0.6) is 0 Å². The topological polar surface area (TPSA) is 86.8 Å². The highest BCUT2D eigenvalue weighted by molar-refractivity contribution is 7.92. The zero-order chi connectivity index (χ0) is 21.3. The van der Waals surface area contributed by atoms with Gasteiger partial charge in [0.2, 0.25) is 21.8 Å². The van der Waals surface area contributed by atoms with Crippen molar-refractivity contribution in [2.75, 3.05) is 33.4 Å². The highest BCUT2D eigenvalue weighted by Gasteiger charge is 2.35. The molecule has 1 unspecified atom stereocenters. The van der Waals surface area contributed by atoms with Gasteiger partial charge in [0, 0.05) is 30.9 Å². The average molecular weight is 428 g/mol. The Labute approximate surface area is 176 Å². The van der Waals surface area contributed by atoms with E-state index < -0.39 is 15.9 Å². The zero-order valence-electron chi connectivity index (χ0n) is 16.9. The summed E-state index contributed by atoms with van der Waals surface area (Å²) in [6.45, 7) is 2.47. The molecule has 4 rings (SSSR count). The predicted octanol–water partition coefficient (Wildman–Crippen LogP) is 2.78. The van der Waals surface area contributed by atoms with E-state index in [9.17, 15) is 18.0 Å². The maximum atomic E-state index is 12.8.